The number of methoxy groups -OCH3 is 1. The number of hydrogen-bond acceptors (Lipinski definition) is 4. The first-order valence-electron chi connectivity index (χ1n) is 5.24. The fourth-order valence-electron chi connectivity index (χ4n) is 1.41. The van der Waals surface area contributed by atoms with E-state index in [4.69, 9.17) is 13.9 Å². The third-order valence-corrected chi connectivity index (χ3v) is 3.16. The molecule has 0 N–H and O–H groups in total. The van der Waals surface area contributed by atoms with Crippen molar-refractivity contribution in [1.29, 1.82) is 0 Å². The molecule has 0 aliphatic heterocycles. The molecule has 18 heavy (non-hydrogen) atoms. The monoisotopic (exact) mass is 358 g/mol. The molecule has 0 spiro atoms. The molecule has 0 saturated carbocycles. The molecular weight excluding hydrogens is 347 g/mol. The van der Waals surface area contributed by atoms with Crippen molar-refractivity contribution in [2.45, 2.75) is 6.61 Å². The molecule has 1 heterocycles. The second-order valence-corrected chi connectivity index (χ2v) is 4.67. The lowest BCUT2D eigenvalue weighted by Crippen LogP contribution is -2.05. The number of ether oxygens (including phenoxy) is 2. The average Bonchev–Trinajstić information content (AvgIpc) is 2.89. The van der Waals surface area contributed by atoms with Crippen LogP contribution in [0.3, 0.4) is 0 Å². The zero-order valence-corrected chi connectivity index (χ0v) is 11.8. The van der Waals surface area contributed by atoms with E-state index in [1.54, 1.807) is 43.7 Å². The lowest BCUT2D eigenvalue weighted by molar-refractivity contribution is 0.0445. The van der Waals surface area contributed by atoms with Gasteiger partial charge in [0, 0.05) is 0 Å². The highest BCUT2D eigenvalue weighted by Crippen LogP contribution is 2.22. The smallest absolute Gasteiger partial charge is 0.338 e. The quantitative estimate of drug-likeness (QED) is 0.622. The van der Waals surface area contributed by atoms with Crippen LogP contribution >= 0.6 is 22.6 Å². The first-order chi connectivity index (χ1) is 8.70. The van der Waals surface area contributed by atoms with Gasteiger partial charge in [-0.25, -0.2) is 4.79 Å². The van der Waals surface area contributed by atoms with Crippen LogP contribution in [0.4, 0.5) is 0 Å². The molecule has 0 atom stereocenters. The van der Waals surface area contributed by atoms with E-state index in [0.29, 0.717) is 11.3 Å². The van der Waals surface area contributed by atoms with E-state index in [2.05, 4.69) is 22.6 Å². The summed E-state index contributed by atoms with van der Waals surface area (Å²) in [5, 5.41) is 0. The minimum atomic E-state index is -0.382. The summed E-state index contributed by atoms with van der Waals surface area (Å²) in [5.41, 5.74) is 0.492. The Balaban J connectivity index is 2.02. The highest BCUT2D eigenvalue weighted by molar-refractivity contribution is 14.1. The van der Waals surface area contributed by atoms with Gasteiger partial charge in [-0.05, 0) is 52.9 Å². The second kappa shape index (κ2) is 5.90. The van der Waals surface area contributed by atoms with E-state index < -0.39 is 0 Å². The second-order valence-electron chi connectivity index (χ2n) is 3.50. The Morgan fingerprint density at radius 2 is 2.22 bits per heavy atom. The zero-order chi connectivity index (χ0) is 13.0. The van der Waals surface area contributed by atoms with Gasteiger partial charge in [-0.3, -0.25) is 0 Å². The molecule has 94 valence electrons. The summed E-state index contributed by atoms with van der Waals surface area (Å²) in [6.45, 7) is 0.133. The standard InChI is InChI=1S/C13H11IO4/c1-16-12-5-4-9(7-11(12)14)13(15)18-8-10-3-2-6-17-10/h2-7H,8H2,1H3. The Morgan fingerprint density at radius 3 is 2.83 bits per heavy atom. The molecule has 0 fully saturated rings. The van der Waals surface area contributed by atoms with E-state index in [9.17, 15) is 4.79 Å². The number of rotatable bonds is 4. The molecule has 0 unspecified atom stereocenters. The predicted molar refractivity (Wildman–Crippen MR) is 73.5 cm³/mol. The largest absolute Gasteiger partial charge is 0.496 e. The SMILES string of the molecule is COc1ccc(C(=O)OCc2ccco2)cc1I. The van der Waals surface area contributed by atoms with Crippen molar-refractivity contribution in [2.75, 3.05) is 7.11 Å². The van der Waals surface area contributed by atoms with Gasteiger partial charge in [-0.2, -0.15) is 0 Å². The molecule has 1 aromatic heterocycles. The zero-order valence-electron chi connectivity index (χ0n) is 9.68. The molecule has 0 aliphatic rings. The van der Waals surface area contributed by atoms with Crippen molar-refractivity contribution in [3.8, 4) is 5.75 Å². The van der Waals surface area contributed by atoms with Crippen LogP contribution in [0.1, 0.15) is 16.1 Å². The topological polar surface area (TPSA) is 48.7 Å². The predicted octanol–water partition coefficient (Wildman–Crippen LogP) is 3.25. The van der Waals surface area contributed by atoms with E-state index in [1.807, 2.05) is 0 Å². The highest BCUT2D eigenvalue weighted by atomic mass is 127. The molecule has 1 aromatic carbocycles. The number of hydrogen-bond donors (Lipinski definition) is 0. The molecule has 0 radical (unpaired) electrons. The van der Waals surface area contributed by atoms with Crippen molar-refractivity contribution in [3.63, 3.8) is 0 Å². The lowest BCUT2D eigenvalue weighted by atomic mass is 10.2. The molecule has 0 saturated heterocycles. The van der Waals surface area contributed by atoms with E-state index in [1.165, 1.54) is 0 Å². The van der Waals surface area contributed by atoms with Gasteiger partial charge in [0.1, 0.15) is 18.1 Å². The van der Waals surface area contributed by atoms with Gasteiger partial charge in [0.05, 0.1) is 22.5 Å². The molecule has 4 nitrogen and oxygen atoms in total. The number of carbonyl (C=O) groups excluding carboxylic acids is 1. The first-order valence-corrected chi connectivity index (χ1v) is 6.31. The molecule has 2 rings (SSSR count). The van der Waals surface area contributed by atoms with Crippen LogP contribution in [0.25, 0.3) is 0 Å². The van der Waals surface area contributed by atoms with E-state index in [0.717, 1.165) is 9.32 Å². The van der Waals surface area contributed by atoms with Crippen molar-refractivity contribution in [2.24, 2.45) is 0 Å². The fraction of sp³-hybridized carbons (Fsp3) is 0.154. The lowest BCUT2D eigenvalue weighted by Gasteiger charge is -2.06. The van der Waals surface area contributed by atoms with Crippen LogP contribution in [-0.4, -0.2) is 13.1 Å². The van der Waals surface area contributed by atoms with Crippen LogP contribution < -0.4 is 4.74 Å². The van der Waals surface area contributed by atoms with Gasteiger partial charge in [-0.1, -0.05) is 0 Å². The van der Waals surface area contributed by atoms with Crippen LogP contribution in [-0.2, 0) is 11.3 Å². The molecule has 2 aromatic rings. The normalized spacial score (nSPS) is 10.1. The van der Waals surface area contributed by atoms with Gasteiger partial charge in [-0.15, -0.1) is 0 Å². The van der Waals surface area contributed by atoms with Gasteiger partial charge in [0.15, 0.2) is 0 Å². The number of esters is 1. The van der Waals surface area contributed by atoms with Crippen molar-refractivity contribution >= 4 is 28.6 Å². The first kappa shape index (κ1) is 12.9. The van der Waals surface area contributed by atoms with Crippen LogP contribution in [0.15, 0.2) is 41.0 Å². The minimum Gasteiger partial charge on any atom is -0.496 e. The van der Waals surface area contributed by atoms with Crippen molar-refractivity contribution in [1.82, 2.24) is 0 Å². The van der Waals surface area contributed by atoms with E-state index >= 15 is 0 Å². The third kappa shape index (κ3) is 3.04. The summed E-state index contributed by atoms with van der Waals surface area (Å²) in [6, 6.07) is 8.64. The molecule has 0 bridgehead atoms. The summed E-state index contributed by atoms with van der Waals surface area (Å²) in [4.78, 5) is 11.8. The summed E-state index contributed by atoms with van der Waals surface area (Å²) < 4.78 is 16.2. The summed E-state index contributed by atoms with van der Waals surface area (Å²) in [5.74, 6) is 0.969. The highest BCUT2D eigenvalue weighted by Gasteiger charge is 2.10. The van der Waals surface area contributed by atoms with Crippen LogP contribution in [0.5, 0.6) is 5.75 Å². The summed E-state index contributed by atoms with van der Waals surface area (Å²) in [7, 11) is 1.59. The van der Waals surface area contributed by atoms with Crippen LogP contribution in [0, 0.1) is 3.57 Å². The Labute approximate surface area is 118 Å². The maximum Gasteiger partial charge on any atom is 0.338 e. The van der Waals surface area contributed by atoms with Crippen LogP contribution in [0.2, 0.25) is 0 Å². The maximum absolute atomic E-state index is 11.8. The van der Waals surface area contributed by atoms with Crippen molar-refractivity contribution < 1.29 is 18.7 Å². The summed E-state index contributed by atoms with van der Waals surface area (Å²) in [6.07, 6.45) is 1.54. The number of benzene rings is 1. The summed E-state index contributed by atoms with van der Waals surface area (Å²) >= 11 is 2.11. The van der Waals surface area contributed by atoms with Gasteiger partial charge in [0.2, 0.25) is 0 Å². The van der Waals surface area contributed by atoms with Gasteiger partial charge >= 0.3 is 5.97 Å². The molecular formula is C13H11IO4. The number of furan rings is 1. The minimum absolute atomic E-state index is 0.133. The molecule has 0 aliphatic carbocycles. The number of carbonyl (C=O) groups is 1. The maximum atomic E-state index is 11.8. The Hall–Kier alpha value is -1.50. The van der Waals surface area contributed by atoms with Crippen molar-refractivity contribution in [3.05, 3.63) is 51.5 Å². The fourth-order valence-corrected chi connectivity index (χ4v) is 2.14. The molecule has 5 heteroatoms. The number of halogens is 1. The van der Waals surface area contributed by atoms with E-state index in [-0.39, 0.29) is 12.6 Å². The third-order valence-electron chi connectivity index (χ3n) is 2.31. The Kier molecular flexibility index (Phi) is 4.24. The average molecular weight is 358 g/mol. The van der Waals surface area contributed by atoms with Gasteiger partial charge < -0.3 is 13.9 Å². The molecule has 0 amide bonds. The Bertz CT molecular complexity index is 534. The Morgan fingerprint density at radius 1 is 1.39 bits per heavy atom. The van der Waals surface area contributed by atoms with Gasteiger partial charge in [0.25, 0.3) is 0 Å².